The Bertz CT molecular complexity index is 861. The highest BCUT2D eigenvalue weighted by Gasteiger charge is 2.30. The summed E-state index contributed by atoms with van der Waals surface area (Å²) in [6, 6.07) is 5.08. The Hall–Kier alpha value is -2.09. The van der Waals surface area contributed by atoms with Crippen LogP contribution >= 0.6 is 23.2 Å². The van der Waals surface area contributed by atoms with Crippen molar-refractivity contribution in [3.05, 3.63) is 33.9 Å². The molecule has 1 aliphatic rings. The molecule has 0 aliphatic carbocycles. The summed E-state index contributed by atoms with van der Waals surface area (Å²) < 4.78 is 0. The van der Waals surface area contributed by atoms with E-state index in [1.54, 1.807) is 18.2 Å². The van der Waals surface area contributed by atoms with Crippen LogP contribution in [0.5, 0.6) is 0 Å². The molecule has 0 atom stereocenters. The fourth-order valence-electron chi connectivity index (χ4n) is 2.94. The zero-order chi connectivity index (χ0) is 19.1. The van der Waals surface area contributed by atoms with Crippen LogP contribution in [0.25, 0.3) is 11.3 Å². The first-order valence-electron chi connectivity index (χ1n) is 8.15. The molecule has 2 aromatic rings. The van der Waals surface area contributed by atoms with E-state index in [4.69, 9.17) is 40.4 Å². The van der Waals surface area contributed by atoms with Crippen molar-refractivity contribution in [1.29, 1.82) is 0 Å². The maximum absolute atomic E-state index is 12.0. The van der Waals surface area contributed by atoms with Gasteiger partial charge in [0.25, 0.3) is 5.91 Å². The van der Waals surface area contributed by atoms with Gasteiger partial charge in [-0.05, 0) is 25.8 Å². The molecule has 9 heteroatoms. The van der Waals surface area contributed by atoms with Crippen LogP contribution in [0.15, 0.2) is 18.2 Å². The highest BCUT2D eigenvalue weighted by Crippen LogP contribution is 2.36. The van der Waals surface area contributed by atoms with E-state index < -0.39 is 5.91 Å². The van der Waals surface area contributed by atoms with Crippen LogP contribution in [0.2, 0.25) is 10.0 Å². The summed E-state index contributed by atoms with van der Waals surface area (Å²) >= 11 is 12.3. The van der Waals surface area contributed by atoms with Crippen LogP contribution < -0.4 is 22.1 Å². The number of carbonyl (C=O) groups excluding carboxylic acids is 1. The Kier molecular flexibility index (Phi) is 4.96. The topological polar surface area (TPSA) is 124 Å². The molecule has 1 aromatic carbocycles. The van der Waals surface area contributed by atoms with Gasteiger partial charge in [-0.15, -0.1) is 0 Å². The Labute approximate surface area is 161 Å². The number of anilines is 2. The molecule has 1 aliphatic heterocycles. The van der Waals surface area contributed by atoms with Crippen molar-refractivity contribution >= 4 is 40.7 Å². The molecule has 1 amide bonds. The Morgan fingerprint density at radius 2 is 1.88 bits per heavy atom. The van der Waals surface area contributed by atoms with Crippen molar-refractivity contribution in [3.8, 4) is 11.3 Å². The van der Waals surface area contributed by atoms with Crippen LogP contribution in [-0.2, 0) is 0 Å². The van der Waals surface area contributed by atoms with Gasteiger partial charge in [-0.1, -0.05) is 35.3 Å². The standard InChI is InChI=1S/C17H20Cl2N6O/c1-17(22)5-7-25(8-6-17)16-13(15(21)26)23-12(14(20)24-16)9-3-2-4-10(18)11(9)19/h2-4H,5-8,22H2,1H3,(H2,20,24)(H2,21,26). The first-order valence-corrected chi connectivity index (χ1v) is 8.91. The molecule has 0 spiro atoms. The number of carbonyl (C=O) groups is 1. The molecule has 26 heavy (non-hydrogen) atoms. The number of primary amides is 1. The number of benzene rings is 1. The number of nitrogens with two attached hydrogens (primary N) is 3. The Morgan fingerprint density at radius 3 is 2.50 bits per heavy atom. The summed E-state index contributed by atoms with van der Waals surface area (Å²) in [5.41, 5.74) is 18.4. The second-order valence-corrected chi connectivity index (χ2v) is 7.52. The van der Waals surface area contributed by atoms with Crippen molar-refractivity contribution in [2.45, 2.75) is 25.3 Å². The van der Waals surface area contributed by atoms with Gasteiger partial charge in [0.1, 0.15) is 5.69 Å². The molecular weight excluding hydrogens is 375 g/mol. The van der Waals surface area contributed by atoms with E-state index in [2.05, 4.69) is 9.97 Å². The SMILES string of the molecule is CC1(N)CCN(c2nc(N)c(-c3cccc(Cl)c3Cl)nc2C(N)=O)CC1. The summed E-state index contributed by atoms with van der Waals surface area (Å²) in [5.74, 6) is -0.171. The normalized spacial score (nSPS) is 16.5. The predicted molar refractivity (Wildman–Crippen MR) is 104 cm³/mol. The molecule has 7 nitrogen and oxygen atoms in total. The first kappa shape index (κ1) is 18.7. The van der Waals surface area contributed by atoms with Gasteiger partial charge in [0.15, 0.2) is 17.3 Å². The number of nitrogens with zero attached hydrogens (tertiary/aromatic N) is 3. The lowest BCUT2D eigenvalue weighted by Gasteiger charge is -2.37. The van der Waals surface area contributed by atoms with Gasteiger partial charge in [0.05, 0.1) is 10.0 Å². The highest BCUT2D eigenvalue weighted by atomic mass is 35.5. The zero-order valence-electron chi connectivity index (χ0n) is 14.3. The number of nitrogen functional groups attached to an aromatic ring is 1. The third kappa shape index (κ3) is 3.56. The lowest BCUT2D eigenvalue weighted by Crippen LogP contribution is -2.49. The van der Waals surface area contributed by atoms with Crippen LogP contribution in [0.4, 0.5) is 11.6 Å². The molecule has 0 saturated carbocycles. The van der Waals surface area contributed by atoms with Crippen LogP contribution in [-0.4, -0.2) is 34.5 Å². The quantitative estimate of drug-likeness (QED) is 0.733. The fourth-order valence-corrected chi connectivity index (χ4v) is 3.33. The van der Waals surface area contributed by atoms with Gasteiger partial charge >= 0.3 is 0 Å². The summed E-state index contributed by atoms with van der Waals surface area (Å²) in [7, 11) is 0. The van der Waals surface area contributed by atoms with E-state index in [0.717, 1.165) is 12.8 Å². The van der Waals surface area contributed by atoms with Gasteiger partial charge < -0.3 is 22.1 Å². The van der Waals surface area contributed by atoms with Crippen molar-refractivity contribution in [3.63, 3.8) is 0 Å². The number of halogens is 2. The second-order valence-electron chi connectivity index (χ2n) is 6.74. The minimum atomic E-state index is -0.687. The van der Waals surface area contributed by atoms with Gasteiger partial charge in [0, 0.05) is 24.2 Å². The van der Waals surface area contributed by atoms with E-state index in [1.807, 2.05) is 11.8 Å². The molecule has 1 saturated heterocycles. The van der Waals surface area contributed by atoms with E-state index in [1.165, 1.54) is 0 Å². The summed E-state index contributed by atoms with van der Waals surface area (Å²) in [5, 5.41) is 0.642. The van der Waals surface area contributed by atoms with Crippen molar-refractivity contribution < 1.29 is 4.79 Å². The number of amides is 1. The largest absolute Gasteiger partial charge is 0.382 e. The van der Waals surface area contributed by atoms with E-state index in [0.29, 0.717) is 29.5 Å². The second kappa shape index (κ2) is 6.90. The molecule has 1 fully saturated rings. The molecule has 2 heterocycles. The first-order chi connectivity index (χ1) is 12.2. The van der Waals surface area contributed by atoms with Crippen molar-refractivity contribution in [2.75, 3.05) is 23.7 Å². The molecule has 6 N–H and O–H groups in total. The van der Waals surface area contributed by atoms with Gasteiger partial charge in [-0.3, -0.25) is 4.79 Å². The van der Waals surface area contributed by atoms with Crippen molar-refractivity contribution in [1.82, 2.24) is 9.97 Å². The lowest BCUT2D eigenvalue weighted by atomic mass is 9.91. The number of aromatic nitrogens is 2. The molecule has 3 rings (SSSR count). The molecule has 1 aromatic heterocycles. The Balaban J connectivity index is 2.07. The zero-order valence-corrected chi connectivity index (χ0v) is 15.8. The minimum Gasteiger partial charge on any atom is -0.382 e. The van der Waals surface area contributed by atoms with Gasteiger partial charge in [-0.25, -0.2) is 9.97 Å². The van der Waals surface area contributed by atoms with Crippen LogP contribution in [0, 0.1) is 0 Å². The van der Waals surface area contributed by atoms with Crippen LogP contribution in [0.1, 0.15) is 30.3 Å². The third-order valence-electron chi connectivity index (χ3n) is 4.55. The number of hydrogen-bond acceptors (Lipinski definition) is 6. The van der Waals surface area contributed by atoms with Gasteiger partial charge in [-0.2, -0.15) is 0 Å². The lowest BCUT2D eigenvalue weighted by molar-refractivity contribution is 0.0996. The monoisotopic (exact) mass is 394 g/mol. The third-order valence-corrected chi connectivity index (χ3v) is 5.37. The molecule has 0 bridgehead atoms. The summed E-state index contributed by atoms with van der Waals surface area (Å²) in [4.78, 5) is 22.7. The van der Waals surface area contributed by atoms with E-state index in [9.17, 15) is 4.79 Å². The minimum absolute atomic E-state index is 0.0471. The highest BCUT2D eigenvalue weighted by molar-refractivity contribution is 6.43. The smallest absolute Gasteiger partial charge is 0.271 e. The maximum atomic E-state index is 12.0. The van der Waals surface area contributed by atoms with Crippen LogP contribution in [0.3, 0.4) is 0 Å². The number of rotatable bonds is 3. The average Bonchev–Trinajstić information content (AvgIpc) is 2.57. The maximum Gasteiger partial charge on any atom is 0.271 e. The molecule has 0 radical (unpaired) electrons. The van der Waals surface area contributed by atoms with E-state index >= 15 is 0 Å². The van der Waals surface area contributed by atoms with Gasteiger partial charge in [0.2, 0.25) is 0 Å². The van der Waals surface area contributed by atoms with Crippen molar-refractivity contribution in [2.24, 2.45) is 11.5 Å². The number of hydrogen-bond donors (Lipinski definition) is 3. The predicted octanol–water partition coefficient (Wildman–Crippen LogP) is 2.45. The molecule has 0 unspecified atom stereocenters. The Morgan fingerprint density at radius 1 is 1.23 bits per heavy atom. The summed E-state index contributed by atoms with van der Waals surface area (Å²) in [6.45, 7) is 3.28. The van der Waals surface area contributed by atoms with E-state index in [-0.39, 0.29) is 27.8 Å². The number of piperidine rings is 1. The average molecular weight is 395 g/mol. The fraction of sp³-hybridized carbons (Fsp3) is 0.353. The molecular formula is C17H20Cl2N6O. The molecule has 138 valence electrons. The summed E-state index contributed by atoms with van der Waals surface area (Å²) in [6.07, 6.45) is 1.52.